The maximum absolute atomic E-state index is 6.15. The molecule has 1 N–H and O–H groups in total. The molecule has 2 atom stereocenters. The van der Waals surface area contributed by atoms with Gasteiger partial charge in [0, 0.05) is 18.3 Å². The number of hydrogen-bond acceptors (Lipinski definition) is 3. The van der Waals surface area contributed by atoms with Gasteiger partial charge in [0.15, 0.2) is 0 Å². The van der Waals surface area contributed by atoms with Crippen LogP contribution >= 0.6 is 11.6 Å². The number of anilines is 1. The maximum Gasteiger partial charge on any atom is 0.137 e. The Morgan fingerprint density at radius 1 is 1.47 bits per heavy atom. The van der Waals surface area contributed by atoms with Gasteiger partial charge in [-0.3, -0.25) is 0 Å². The Morgan fingerprint density at radius 2 is 2.26 bits per heavy atom. The zero-order valence-corrected chi connectivity index (χ0v) is 12.7. The van der Waals surface area contributed by atoms with Crippen molar-refractivity contribution in [2.24, 2.45) is 5.92 Å². The van der Waals surface area contributed by atoms with Crippen molar-refractivity contribution in [2.45, 2.75) is 25.8 Å². The molecule has 4 heteroatoms. The molecule has 1 aliphatic rings. The van der Waals surface area contributed by atoms with Crippen LogP contribution in [0.15, 0.2) is 18.2 Å². The van der Waals surface area contributed by atoms with E-state index in [1.807, 2.05) is 18.2 Å². The molecule has 0 amide bonds. The van der Waals surface area contributed by atoms with Gasteiger partial charge in [-0.2, -0.15) is 0 Å². The lowest BCUT2D eigenvalue weighted by Gasteiger charge is -2.34. The number of rotatable bonds is 4. The number of hydrogen-bond donors (Lipinski definition) is 1. The van der Waals surface area contributed by atoms with E-state index in [9.17, 15) is 0 Å². The summed E-state index contributed by atoms with van der Waals surface area (Å²) in [4.78, 5) is 2.41. The van der Waals surface area contributed by atoms with Crippen LogP contribution in [0.2, 0.25) is 5.02 Å². The highest BCUT2D eigenvalue weighted by molar-refractivity contribution is 6.32. The fourth-order valence-electron chi connectivity index (χ4n) is 2.75. The second-order valence-electron chi connectivity index (χ2n) is 5.45. The topological polar surface area (TPSA) is 24.5 Å². The SMILES string of the molecule is COc1ccc(NC(C)C2CCCN(C)C2)cc1Cl. The quantitative estimate of drug-likeness (QED) is 0.915. The fourth-order valence-corrected chi connectivity index (χ4v) is 3.01. The normalized spacial score (nSPS) is 22.0. The van der Waals surface area contributed by atoms with Gasteiger partial charge in [0.1, 0.15) is 5.75 Å². The summed E-state index contributed by atoms with van der Waals surface area (Å²) in [5.41, 5.74) is 1.06. The largest absolute Gasteiger partial charge is 0.495 e. The molecule has 0 bridgehead atoms. The van der Waals surface area contributed by atoms with Crippen molar-refractivity contribution in [3.63, 3.8) is 0 Å². The first-order valence-electron chi connectivity index (χ1n) is 6.88. The van der Waals surface area contributed by atoms with Gasteiger partial charge in [-0.1, -0.05) is 11.6 Å². The number of nitrogens with zero attached hydrogens (tertiary/aromatic N) is 1. The number of benzene rings is 1. The first-order valence-corrected chi connectivity index (χ1v) is 7.26. The number of ether oxygens (including phenoxy) is 1. The Hall–Kier alpha value is -0.930. The van der Waals surface area contributed by atoms with Gasteiger partial charge < -0.3 is 15.0 Å². The lowest BCUT2D eigenvalue weighted by Crippen LogP contribution is -2.39. The molecule has 106 valence electrons. The van der Waals surface area contributed by atoms with Gasteiger partial charge in [0.2, 0.25) is 0 Å². The molecular weight excluding hydrogens is 260 g/mol. The van der Waals surface area contributed by atoms with Gasteiger partial charge >= 0.3 is 0 Å². The maximum atomic E-state index is 6.15. The van der Waals surface area contributed by atoms with E-state index < -0.39 is 0 Å². The van der Waals surface area contributed by atoms with Crippen LogP contribution < -0.4 is 10.1 Å². The predicted octanol–water partition coefficient (Wildman–Crippen LogP) is 3.49. The summed E-state index contributed by atoms with van der Waals surface area (Å²) < 4.78 is 5.17. The van der Waals surface area contributed by atoms with Crippen molar-refractivity contribution in [1.82, 2.24) is 4.90 Å². The third-order valence-electron chi connectivity index (χ3n) is 3.91. The average molecular weight is 283 g/mol. The minimum absolute atomic E-state index is 0.451. The summed E-state index contributed by atoms with van der Waals surface area (Å²) in [5, 5.41) is 4.21. The highest BCUT2D eigenvalue weighted by Gasteiger charge is 2.22. The van der Waals surface area contributed by atoms with E-state index in [0.717, 1.165) is 18.0 Å². The van der Waals surface area contributed by atoms with Crippen LogP contribution in [0.5, 0.6) is 5.75 Å². The van der Waals surface area contributed by atoms with Crippen LogP contribution in [-0.2, 0) is 0 Å². The zero-order chi connectivity index (χ0) is 13.8. The molecule has 1 heterocycles. The third-order valence-corrected chi connectivity index (χ3v) is 4.21. The minimum Gasteiger partial charge on any atom is -0.495 e. The van der Waals surface area contributed by atoms with E-state index >= 15 is 0 Å². The number of likely N-dealkylation sites (tertiary alicyclic amines) is 1. The van der Waals surface area contributed by atoms with Gasteiger partial charge in [-0.25, -0.2) is 0 Å². The van der Waals surface area contributed by atoms with Crippen LogP contribution in [-0.4, -0.2) is 38.2 Å². The van der Waals surface area contributed by atoms with E-state index in [0.29, 0.717) is 17.0 Å². The molecule has 1 aromatic rings. The van der Waals surface area contributed by atoms with Crippen LogP contribution in [0.4, 0.5) is 5.69 Å². The van der Waals surface area contributed by atoms with Gasteiger partial charge in [0.25, 0.3) is 0 Å². The molecule has 0 aliphatic carbocycles. The number of nitrogens with one attached hydrogen (secondary N) is 1. The number of methoxy groups -OCH3 is 1. The standard InChI is InChI=1S/C15H23ClN2O/c1-11(12-5-4-8-18(2)10-12)17-13-6-7-15(19-3)14(16)9-13/h6-7,9,11-12,17H,4-5,8,10H2,1-3H3. The molecule has 0 spiro atoms. The van der Waals surface area contributed by atoms with Gasteiger partial charge in [-0.05, 0) is 57.5 Å². The average Bonchev–Trinajstić information content (AvgIpc) is 2.39. The fraction of sp³-hybridized carbons (Fsp3) is 0.600. The van der Waals surface area contributed by atoms with Gasteiger partial charge in [-0.15, -0.1) is 0 Å². The Morgan fingerprint density at radius 3 is 2.89 bits per heavy atom. The molecule has 1 saturated heterocycles. The van der Waals surface area contributed by atoms with Crippen LogP contribution in [0.3, 0.4) is 0 Å². The van der Waals surface area contributed by atoms with Crippen molar-refractivity contribution in [3.8, 4) is 5.75 Å². The van der Waals surface area contributed by atoms with E-state index in [-0.39, 0.29) is 0 Å². The van der Waals surface area contributed by atoms with Crippen molar-refractivity contribution in [2.75, 3.05) is 32.6 Å². The molecule has 19 heavy (non-hydrogen) atoms. The lowest BCUT2D eigenvalue weighted by atomic mass is 9.92. The molecule has 1 fully saturated rings. The molecule has 0 radical (unpaired) electrons. The molecule has 0 aromatic heterocycles. The summed E-state index contributed by atoms with van der Waals surface area (Å²) in [6.07, 6.45) is 2.58. The molecule has 1 aliphatic heterocycles. The molecule has 1 aromatic carbocycles. The monoisotopic (exact) mass is 282 g/mol. The predicted molar refractivity (Wildman–Crippen MR) is 81.3 cm³/mol. The summed E-state index contributed by atoms with van der Waals surface area (Å²) in [6.45, 7) is 4.64. The minimum atomic E-state index is 0.451. The van der Waals surface area contributed by atoms with Crippen LogP contribution in [0.25, 0.3) is 0 Å². The Labute approximate surface area is 120 Å². The summed E-state index contributed by atoms with van der Waals surface area (Å²) in [7, 11) is 3.83. The smallest absolute Gasteiger partial charge is 0.137 e. The summed E-state index contributed by atoms with van der Waals surface area (Å²) >= 11 is 6.15. The first-order chi connectivity index (χ1) is 9.10. The summed E-state index contributed by atoms with van der Waals surface area (Å²) in [5.74, 6) is 1.41. The van der Waals surface area contributed by atoms with Crippen molar-refractivity contribution in [1.29, 1.82) is 0 Å². The molecule has 3 nitrogen and oxygen atoms in total. The zero-order valence-electron chi connectivity index (χ0n) is 11.9. The molecule has 2 rings (SSSR count). The Balaban J connectivity index is 1.98. The lowest BCUT2D eigenvalue weighted by molar-refractivity contribution is 0.197. The van der Waals surface area contributed by atoms with E-state index in [1.54, 1.807) is 7.11 Å². The highest BCUT2D eigenvalue weighted by Crippen LogP contribution is 2.28. The second-order valence-corrected chi connectivity index (χ2v) is 5.85. The summed E-state index contributed by atoms with van der Waals surface area (Å²) in [6, 6.07) is 6.31. The molecule has 2 unspecified atom stereocenters. The Kier molecular flexibility index (Phi) is 4.94. The second kappa shape index (κ2) is 6.49. The van der Waals surface area contributed by atoms with Crippen molar-refractivity contribution >= 4 is 17.3 Å². The van der Waals surface area contributed by atoms with Crippen LogP contribution in [0, 0.1) is 5.92 Å². The van der Waals surface area contributed by atoms with Crippen LogP contribution in [0.1, 0.15) is 19.8 Å². The molecular formula is C15H23ClN2O. The van der Waals surface area contributed by atoms with Gasteiger partial charge in [0.05, 0.1) is 12.1 Å². The van der Waals surface area contributed by atoms with E-state index in [4.69, 9.17) is 16.3 Å². The third kappa shape index (κ3) is 3.77. The molecule has 0 saturated carbocycles. The van der Waals surface area contributed by atoms with Crippen molar-refractivity contribution < 1.29 is 4.74 Å². The Bertz CT molecular complexity index is 425. The number of halogens is 1. The van der Waals surface area contributed by atoms with E-state index in [1.165, 1.54) is 19.4 Å². The van der Waals surface area contributed by atoms with E-state index in [2.05, 4.69) is 24.2 Å². The number of piperidine rings is 1. The van der Waals surface area contributed by atoms with Crippen molar-refractivity contribution in [3.05, 3.63) is 23.2 Å². The first kappa shape index (κ1) is 14.5. The highest BCUT2D eigenvalue weighted by atomic mass is 35.5.